The molecule has 0 radical (unpaired) electrons. The summed E-state index contributed by atoms with van der Waals surface area (Å²) in [5.74, 6) is 0. The van der Waals surface area contributed by atoms with Crippen molar-refractivity contribution in [3.8, 4) is 0 Å². The van der Waals surface area contributed by atoms with Crippen molar-refractivity contribution < 1.29 is 21.5 Å². The van der Waals surface area contributed by atoms with Gasteiger partial charge in [-0.15, -0.1) is 0 Å². The molecule has 0 rings (SSSR count). The zero-order valence-corrected chi connectivity index (χ0v) is 15.7. The van der Waals surface area contributed by atoms with E-state index in [4.69, 9.17) is 11.6 Å². The Labute approximate surface area is 137 Å². The molecule has 3 heteroatoms. The molecule has 0 atom stereocenters. The lowest BCUT2D eigenvalue weighted by Crippen LogP contribution is -3.00. The smallest absolute Gasteiger partial charge is 0.154 e. The Bertz CT molecular complexity index is 162. The molecule has 0 unspecified atom stereocenters. The molecule has 0 aliphatic heterocycles. The van der Waals surface area contributed by atoms with Gasteiger partial charge in [-0.3, -0.25) is 0 Å². The maximum Gasteiger partial charge on any atom is 0.154 e. The van der Waals surface area contributed by atoms with Crippen LogP contribution < -0.4 is 17.0 Å². The second-order valence-corrected chi connectivity index (χ2v) is 6.25. The maximum atomic E-state index is 6.16. The van der Waals surface area contributed by atoms with Crippen molar-refractivity contribution in [1.82, 2.24) is 0 Å². The lowest BCUT2D eigenvalue weighted by atomic mass is 10.1. The fourth-order valence-corrected chi connectivity index (χ4v) is 2.66. The van der Waals surface area contributed by atoms with Gasteiger partial charge < -0.3 is 21.5 Å². The molecule has 0 N–H and O–H groups in total. The number of hydrogen-bond donors (Lipinski definition) is 0. The average Bonchev–Trinajstić information content (AvgIpc) is 2.38. The van der Waals surface area contributed by atoms with E-state index in [2.05, 4.69) is 20.9 Å². The minimum Gasteiger partial charge on any atom is -1.00 e. The number of quaternary nitrogens is 1. The van der Waals surface area contributed by atoms with E-state index in [-0.39, 0.29) is 17.0 Å². The lowest BCUT2D eigenvalue weighted by molar-refractivity contribution is -0.899. The van der Waals surface area contributed by atoms with Gasteiger partial charge in [0.25, 0.3) is 0 Å². The van der Waals surface area contributed by atoms with Gasteiger partial charge in [-0.2, -0.15) is 0 Å². The summed E-state index contributed by atoms with van der Waals surface area (Å²) in [6.45, 7) is 7.08. The summed E-state index contributed by atoms with van der Waals surface area (Å²) in [6.07, 6.45) is 13.7. The van der Waals surface area contributed by atoms with Crippen LogP contribution in [0.5, 0.6) is 0 Å². The van der Waals surface area contributed by atoms with Crippen molar-refractivity contribution in [3.05, 3.63) is 0 Å². The second kappa shape index (κ2) is 15.1. The fraction of sp³-hybridized carbons (Fsp3) is 1.00. The summed E-state index contributed by atoms with van der Waals surface area (Å²) in [7, 11) is 2.33. The van der Waals surface area contributed by atoms with Gasteiger partial charge in [-0.25, -0.2) is 0 Å². The number of nitrogens with zero attached hydrogens (tertiary/aromatic N) is 1. The third-order valence-electron chi connectivity index (χ3n) is 3.89. The summed E-state index contributed by atoms with van der Waals surface area (Å²) in [6, 6.07) is 0.779. The van der Waals surface area contributed by atoms with E-state index in [0.717, 1.165) is 10.5 Å². The average molecular weight is 357 g/mol. The van der Waals surface area contributed by atoms with Gasteiger partial charge in [0.05, 0.1) is 20.1 Å². The van der Waals surface area contributed by atoms with Crippen LogP contribution in [0.3, 0.4) is 0 Å². The largest absolute Gasteiger partial charge is 1.00 e. The van der Waals surface area contributed by atoms with E-state index >= 15 is 0 Å². The quantitative estimate of drug-likeness (QED) is 0.206. The van der Waals surface area contributed by atoms with Crippen molar-refractivity contribution in [2.24, 2.45) is 0 Å². The van der Waals surface area contributed by atoms with Crippen LogP contribution in [0, 0.1) is 0 Å². The van der Waals surface area contributed by atoms with Crippen LogP contribution in [-0.4, -0.2) is 30.6 Å². The first-order chi connectivity index (χ1) is 8.68. The molecule has 0 aromatic rings. The molecule has 0 aromatic carbocycles. The Morgan fingerprint density at radius 1 is 0.684 bits per heavy atom. The topological polar surface area (TPSA) is 0 Å². The molecular formula is C16H35BrClN. The second-order valence-electron chi connectivity index (χ2n) is 6.01. The van der Waals surface area contributed by atoms with Crippen LogP contribution in [0.4, 0.5) is 0 Å². The van der Waals surface area contributed by atoms with Gasteiger partial charge in [-0.1, -0.05) is 64.0 Å². The maximum absolute atomic E-state index is 6.16. The molecule has 0 bridgehead atoms. The van der Waals surface area contributed by atoms with Gasteiger partial charge in [0.15, 0.2) is 6.00 Å². The molecular weight excluding hydrogens is 322 g/mol. The first kappa shape index (κ1) is 22.0. The highest BCUT2D eigenvalue weighted by Crippen LogP contribution is 2.13. The Hall–Kier alpha value is 0.730. The molecule has 0 saturated heterocycles. The Morgan fingerprint density at radius 2 is 1.05 bits per heavy atom. The van der Waals surface area contributed by atoms with Gasteiger partial charge in [-0.05, 0) is 25.7 Å². The number of halogens is 2. The van der Waals surface area contributed by atoms with Gasteiger partial charge in [0.1, 0.15) is 0 Å². The summed E-state index contributed by atoms with van der Waals surface area (Å²) in [4.78, 5) is 0. The Balaban J connectivity index is 0. The van der Waals surface area contributed by atoms with Crippen molar-refractivity contribution in [3.63, 3.8) is 0 Å². The van der Waals surface area contributed by atoms with E-state index < -0.39 is 0 Å². The highest BCUT2D eigenvalue weighted by molar-refractivity contribution is 6.16. The zero-order valence-electron chi connectivity index (χ0n) is 13.4. The molecule has 0 saturated carbocycles. The molecule has 0 amide bonds. The Kier molecular flexibility index (Phi) is 17.5. The minimum atomic E-state index is 0. The molecule has 0 heterocycles. The molecule has 0 fully saturated rings. The molecule has 0 aliphatic carbocycles. The number of unbranched alkanes of at least 4 members (excludes halogenated alkanes) is 8. The standard InChI is InChI=1S/C16H35ClN.BrH/c1-4-6-8-10-12-14-18(3,16-17)15-13-11-9-7-5-2;/h4-16H2,1-3H3;1H/q+1;/p-1. The van der Waals surface area contributed by atoms with E-state index in [1.807, 2.05) is 0 Å². The molecule has 1 nitrogen and oxygen atoms in total. The predicted octanol–water partition coefficient (Wildman–Crippen LogP) is 2.57. The van der Waals surface area contributed by atoms with E-state index in [0.29, 0.717) is 0 Å². The van der Waals surface area contributed by atoms with Crippen molar-refractivity contribution in [2.45, 2.75) is 78.1 Å². The van der Waals surface area contributed by atoms with Crippen molar-refractivity contribution in [1.29, 1.82) is 0 Å². The molecule has 0 spiro atoms. The Morgan fingerprint density at radius 3 is 1.37 bits per heavy atom. The number of rotatable bonds is 13. The van der Waals surface area contributed by atoms with Crippen LogP contribution >= 0.6 is 11.6 Å². The highest BCUT2D eigenvalue weighted by atomic mass is 79.9. The third-order valence-corrected chi connectivity index (χ3v) is 4.47. The predicted molar refractivity (Wildman–Crippen MR) is 84.2 cm³/mol. The minimum absolute atomic E-state index is 0. The molecule has 0 aromatic heterocycles. The normalized spacial score (nSPS) is 11.4. The number of hydrogen-bond acceptors (Lipinski definition) is 0. The monoisotopic (exact) mass is 355 g/mol. The van der Waals surface area contributed by atoms with E-state index in [9.17, 15) is 0 Å². The van der Waals surface area contributed by atoms with Crippen LogP contribution in [0.2, 0.25) is 0 Å². The van der Waals surface area contributed by atoms with Crippen LogP contribution in [-0.2, 0) is 0 Å². The van der Waals surface area contributed by atoms with Crippen molar-refractivity contribution >= 4 is 11.6 Å². The summed E-state index contributed by atoms with van der Waals surface area (Å²) >= 11 is 6.16. The van der Waals surface area contributed by atoms with E-state index in [1.54, 1.807) is 0 Å². The van der Waals surface area contributed by atoms with Crippen molar-refractivity contribution in [2.75, 3.05) is 26.1 Å². The fourth-order valence-electron chi connectivity index (χ4n) is 2.43. The zero-order chi connectivity index (χ0) is 13.7. The highest BCUT2D eigenvalue weighted by Gasteiger charge is 2.18. The van der Waals surface area contributed by atoms with Gasteiger partial charge >= 0.3 is 0 Å². The summed E-state index contributed by atoms with van der Waals surface area (Å²) < 4.78 is 1.07. The first-order valence-electron chi connectivity index (χ1n) is 8.08. The SMILES string of the molecule is CCCCCCC[N+](C)(CCl)CCCCCCC.[Br-]. The molecule has 0 aliphatic rings. The van der Waals surface area contributed by atoms with Crippen LogP contribution in [0.25, 0.3) is 0 Å². The summed E-state index contributed by atoms with van der Waals surface area (Å²) in [5.41, 5.74) is 0. The number of alkyl halides is 1. The first-order valence-corrected chi connectivity index (χ1v) is 8.61. The molecule has 19 heavy (non-hydrogen) atoms. The molecule has 118 valence electrons. The van der Waals surface area contributed by atoms with Crippen LogP contribution in [0.1, 0.15) is 78.1 Å². The third kappa shape index (κ3) is 13.5. The van der Waals surface area contributed by atoms with E-state index in [1.165, 1.54) is 77.3 Å². The van der Waals surface area contributed by atoms with Gasteiger partial charge in [0, 0.05) is 0 Å². The van der Waals surface area contributed by atoms with Gasteiger partial charge in [0.2, 0.25) is 0 Å². The lowest BCUT2D eigenvalue weighted by Gasteiger charge is -2.32. The van der Waals surface area contributed by atoms with Crippen LogP contribution in [0.15, 0.2) is 0 Å². The summed E-state index contributed by atoms with van der Waals surface area (Å²) in [5, 5.41) is 0.